The third-order valence-electron chi connectivity index (χ3n) is 7.01. The van der Waals surface area contributed by atoms with Crippen LogP contribution in [0.15, 0.2) is 52.9 Å². The van der Waals surface area contributed by atoms with E-state index in [1.165, 1.54) is 12.3 Å². The molecule has 0 radical (unpaired) electrons. The van der Waals surface area contributed by atoms with Crippen LogP contribution in [0.4, 0.5) is 24.8 Å². The van der Waals surface area contributed by atoms with E-state index >= 15 is 0 Å². The number of aryl methyl sites for hydroxylation is 1. The molecule has 222 valence electrons. The van der Waals surface area contributed by atoms with Crippen molar-refractivity contribution in [1.29, 1.82) is 5.41 Å². The normalized spacial score (nSPS) is 18.7. The van der Waals surface area contributed by atoms with Gasteiger partial charge in [0, 0.05) is 46.5 Å². The highest BCUT2D eigenvalue weighted by Gasteiger charge is 2.32. The number of quaternary nitrogens is 1. The van der Waals surface area contributed by atoms with Crippen molar-refractivity contribution in [3.8, 4) is 5.75 Å². The predicted octanol–water partition coefficient (Wildman–Crippen LogP) is 3.51. The van der Waals surface area contributed by atoms with Crippen LogP contribution in [0.25, 0.3) is 11.2 Å². The van der Waals surface area contributed by atoms with Crippen LogP contribution in [-0.2, 0) is 24.5 Å². The molecule has 15 heteroatoms. The van der Waals surface area contributed by atoms with E-state index in [4.69, 9.17) is 26.5 Å². The van der Waals surface area contributed by atoms with Crippen molar-refractivity contribution in [2.24, 2.45) is 12.0 Å². The number of aliphatic imine (C=N–C) groups is 1. The Kier molecular flexibility index (Phi) is 8.50. The average Bonchev–Trinajstić information content (AvgIpc) is 3.56. The number of fused-ring (bicyclic) bond motifs is 1. The van der Waals surface area contributed by atoms with E-state index in [0.29, 0.717) is 35.7 Å². The molecule has 11 nitrogen and oxygen atoms in total. The first-order valence-electron chi connectivity index (χ1n) is 13.0. The Morgan fingerprint density at radius 2 is 2.12 bits per heavy atom. The van der Waals surface area contributed by atoms with E-state index < -0.39 is 11.7 Å². The summed E-state index contributed by atoms with van der Waals surface area (Å²) in [6.45, 7) is 1.75. The molecule has 1 aromatic carbocycles. The summed E-state index contributed by atoms with van der Waals surface area (Å²) in [7, 11) is 5.05. The molecule has 0 unspecified atom stereocenters. The van der Waals surface area contributed by atoms with Gasteiger partial charge in [-0.05, 0) is 30.2 Å². The standard InChI is InChI=1S/C27H29ClF3N9O2/c1-33-22-12-34-19(10-35-22)20(9-32)42-21-11-36-25-24(23(21)28)39(2)26(38-25)37-17-7-15(6-16(8-17)27(29,30)31)13-40-5-4-18(14-40)41-3/h6-12,18,32-34H,4-5,13-14H2,1-3H3,(H,36,37,38)/p+1/b20-19+,32-9?/t18-/m0/s1. The average molecular weight is 605 g/mol. The Hall–Kier alpha value is -3.98. The van der Waals surface area contributed by atoms with Crippen molar-refractivity contribution in [2.45, 2.75) is 25.2 Å². The summed E-state index contributed by atoms with van der Waals surface area (Å²) >= 11 is 6.70. The third kappa shape index (κ3) is 6.26. The van der Waals surface area contributed by atoms with Gasteiger partial charge in [-0.1, -0.05) is 11.6 Å². The monoisotopic (exact) mass is 604 g/mol. The van der Waals surface area contributed by atoms with Crippen LogP contribution in [0.3, 0.4) is 0 Å². The quantitative estimate of drug-likeness (QED) is 0.217. The largest absolute Gasteiger partial charge is 0.446 e. The van der Waals surface area contributed by atoms with Gasteiger partial charge in [0.05, 0.1) is 30.3 Å². The Balaban J connectivity index is 1.43. The van der Waals surface area contributed by atoms with Crippen molar-refractivity contribution in [3.05, 3.63) is 64.0 Å². The minimum absolute atomic E-state index is 0.0720. The molecule has 1 saturated heterocycles. The molecule has 0 aliphatic carbocycles. The van der Waals surface area contributed by atoms with Gasteiger partial charge in [-0.25, -0.2) is 9.98 Å². The van der Waals surface area contributed by atoms with Crippen molar-refractivity contribution in [2.75, 3.05) is 32.6 Å². The minimum Gasteiger partial charge on any atom is -0.446 e. The number of ether oxygens (including phenoxy) is 2. The van der Waals surface area contributed by atoms with Gasteiger partial charge >= 0.3 is 6.18 Å². The Labute approximate surface area is 244 Å². The minimum atomic E-state index is -4.53. The summed E-state index contributed by atoms with van der Waals surface area (Å²) in [5.74, 6) is 1.27. The third-order valence-corrected chi connectivity index (χ3v) is 7.37. The first kappa shape index (κ1) is 29.5. The van der Waals surface area contributed by atoms with Crippen molar-refractivity contribution >= 4 is 46.8 Å². The second-order valence-electron chi connectivity index (χ2n) is 9.82. The van der Waals surface area contributed by atoms with Gasteiger partial charge in [-0.3, -0.25) is 10.2 Å². The zero-order valence-corrected chi connectivity index (χ0v) is 23.8. The highest BCUT2D eigenvalue weighted by molar-refractivity contribution is 6.36. The van der Waals surface area contributed by atoms with E-state index in [2.05, 4.69) is 30.5 Å². The van der Waals surface area contributed by atoms with Gasteiger partial charge in [-0.2, -0.15) is 18.2 Å². The van der Waals surface area contributed by atoms with Crippen LogP contribution < -0.4 is 20.7 Å². The van der Waals surface area contributed by atoms with Crippen LogP contribution in [0.5, 0.6) is 5.75 Å². The molecule has 0 bridgehead atoms. The summed E-state index contributed by atoms with van der Waals surface area (Å²) in [5, 5.41) is 15.7. The molecular weight excluding hydrogens is 575 g/mol. The molecule has 0 saturated carbocycles. The second-order valence-corrected chi connectivity index (χ2v) is 10.2. The number of allylic oxidation sites excluding steroid dienone is 2. The smallest absolute Gasteiger partial charge is 0.416 e. The molecule has 5 N–H and O–H groups in total. The van der Waals surface area contributed by atoms with Crippen LogP contribution in [0.1, 0.15) is 17.5 Å². The number of nitrogens with zero attached hydrogens (tertiary/aromatic N) is 5. The fourth-order valence-electron chi connectivity index (χ4n) is 4.81. The Morgan fingerprint density at radius 3 is 2.76 bits per heavy atom. The molecule has 0 amide bonds. The number of nitrogens with two attached hydrogens (primary N) is 1. The van der Waals surface area contributed by atoms with Gasteiger partial charge in [0.25, 0.3) is 0 Å². The summed E-state index contributed by atoms with van der Waals surface area (Å²) in [4.78, 5) is 15.1. The highest BCUT2D eigenvalue weighted by Crippen LogP contribution is 2.36. The van der Waals surface area contributed by atoms with Gasteiger partial charge in [0.2, 0.25) is 11.7 Å². The molecule has 1 fully saturated rings. The SMILES string of the molecule is CNC1=C[NH2+]/C(=C(\C=N)Oc2cnc3nc(Nc4cc(CN5CC[C@H](OC)C5)cc(C(F)(F)F)c4)n(C)c3c2Cl)C=N1. The zero-order valence-electron chi connectivity index (χ0n) is 23.1. The maximum atomic E-state index is 13.8. The first-order valence-corrected chi connectivity index (χ1v) is 13.4. The van der Waals surface area contributed by atoms with Crippen molar-refractivity contribution < 1.29 is 28.0 Å². The topological polar surface area (TPSA) is 129 Å². The van der Waals surface area contributed by atoms with E-state index in [9.17, 15) is 13.2 Å². The van der Waals surface area contributed by atoms with Gasteiger partial charge in [-0.15, -0.1) is 0 Å². The van der Waals surface area contributed by atoms with Crippen LogP contribution in [0, 0.1) is 5.41 Å². The number of hydrogen-bond acceptors (Lipinski definition) is 9. The maximum Gasteiger partial charge on any atom is 0.416 e. The number of anilines is 2. The van der Waals surface area contributed by atoms with Crippen LogP contribution in [0.2, 0.25) is 5.02 Å². The van der Waals surface area contributed by atoms with E-state index in [-0.39, 0.29) is 39.9 Å². The number of benzene rings is 1. The second kappa shape index (κ2) is 12.1. The summed E-state index contributed by atoms with van der Waals surface area (Å²) < 4.78 is 54.3. The van der Waals surface area contributed by atoms with E-state index in [1.54, 1.807) is 49.6 Å². The fourth-order valence-corrected chi connectivity index (χ4v) is 5.11. The number of aromatic nitrogens is 3. The first-order chi connectivity index (χ1) is 20.1. The Bertz CT molecular complexity index is 1600. The Morgan fingerprint density at radius 1 is 1.31 bits per heavy atom. The predicted molar refractivity (Wildman–Crippen MR) is 153 cm³/mol. The molecule has 4 heterocycles. The molecule has 2 aliphatic heterocycles. The number of imidazole rings is 1. The number of hydrogen-bond donors (Lipinski definition) is 4. The summed E-state index contributed by atoms with van der Waals surface area (Å²) in [6, 6.07) is 3.89. The van der Waals surface area contributed by atoms with Gasteiger partial charge < -0.3 is 30.1 Å². The van der Waals surface area contributed by atoms with Crippen LogP contribution in [-0.4, -0.2) is 65.2 Å². The van der Waals surface area contributed by atoms with Crippen molar-refractivity contribution in [3.63, 3.8) is 0 Å². The van der Waals surface area contributed by atoms with E-state index in [1.807, 2.05) is 0 Å². The number of halogens is 4. The number of rotatable bonds is 9. The zero-order chi connectivity index (χ0) is 30.0. The molecule has 42 heavy (non-hydrogen) atoms. The lowest BCUT2D eigenvalue weighted by Gasteiger charge is -2.18. The molecule has 2 aliphatic rings. The summed E-state index contributed by atoms with van der Waals surface area (Å²) in [6.07, 6.45) is 2.09. The molecule has 3 aromatic rings. The number of nitrogens with one attached hydrogen (secondary N) is 3. The molecule has 2 aromatic heterocycles. The van der Waals surface area contributed by atoms with Gasteiger partial charge in [0.15, 0.2) is 22.9 Å². The van der Waals surface area contributed by atoms with Crippen LogP contribution >= 0.6 is 11.6 Å². The number of pyridine rings is 1. The molecular formula is C27H30ClF3N9O2+. The highest BCUT2D eigenvalue weighted by atomic mass is 35.5. The van der Waals surface area contributed by atoms with E-state index in [0.717, 1.165) is 25.2 Å². The molecule has 1 atom stereocenters. The molecule has 5 rings (SSSR count). The summed E-state index contributed by atoms with van der Waals surface area (Å²) in [5.41, 5.74) is 1.21. The maximum absolute atomic E-state index is 13.8. The number of alkyl halides is 3. The van der Waals surface area contributed by atoms with Gasteiger partial charge in [0.1, 0.15) is 16.7 Å². The lowest BCUT2D eigenvalue weighted by atomic mass is 10.1. The fraction of sp³-hybridized carbons (Fsp3) is 0.333. The lowest BCUT2D eigenvalue weighted by molar-refractivity contribution is -0.529. The molecule has 0 spiro atoms. The number of methoxy groups -OCH3 is 1. The number of likely N-dealkylation sites (tertiary alicyclic amines) is 1. The van der Waals surface area contributed by atoms with Crippen molar-refractivity contribution in [1.82, 2.24) is 24.8 Å². The lowest BCUT2D eigenvalue weighted by Crippen LogP contribution is -2.78.